The molecule has 0 spiro atoms. The first-order chi connectivity index (χ1) is 24.6. The summed E-state index contributed by atoms with van der Waals surface area (Å²) in [6, 6.07) is 18.3. The van der Waals surface area contributed by atoms with Gasteiger partial charge in [-0.25, -0.2) is 9.50 Å². The van der Waals surface area contributed by atoms with Gasteiger partial charge in [0.25, 0.3) is 5.91 Å². The van der Waals surface area contributed by atoms with Crippen LogP contribution < -0.4 is 20.9 Å². The Labute approximate surface area is 295 Å². The number of carbonyl (C=O) groups is 4. The number of hydrogen-bond acceptors (Lipinski definition) is 8. The number of aromatic nitrogens is 5. The summed E-state index contributed by atoms with van der Waals surface area (Å²) in [5.41, 5.74) is 6.17. The Morgan fingerprint density at radius 3 is 2.67 bits per heavy atom. The number of carbonyl (C=O) groups excluding carboxylic acids is 4. The number of hydrogen-bond donors (Lipinski definition) is 3. The second-order valence-corrected chi connectivity index (χ2v) is 14.0. The lowest BCUT2D eigenvalue weighted by Gasteiger charge is -2.26. The summed E-state index contributed by atoms with van der Waals surface area (Å²) in [4.78, 5) is 56.5. The lowest BCUT2D eigenvalue weighted by Crippen LogP contribution is -2.39. The summed E-state index contributed by atoms with van der Waals surface area (Å²) in [5.74, 6) is -1.36. The van der Waals surface area contributed by atoms with Gasteiger partial charge in [-0.15, -0.1) is 5.10 Å². The first kappa shape index (κ1) is 33.9. The zero-order valence-electron chi connectivity index (χ0n) is 29.2. The Hall–Kier alpha value is -5.59. The van der Waals surface area contributed by atoms with Gasteiger partial charge in [-0.1, -0.05) is 43.7 Å². The van der Waals surface area contributed by atoms with Crippen molar-refractivity contribution in [3.05, 3.63) is 83.4 Å². The number of benzene rings is 2. The van der Waals surface area contributed by atoms with Crippen LogP contribution in [0.15, 0.2) is 60.8 Å². The number of nitrogens with one attached hydrogen (secondary N) is 3. The highest BCUT2D eigenvalue weighted by Crippen LogP contribution is 2.37. The molecule has 2 aromatic carbocycles. The molecular weight excluding hydrogens is 646 g/mol. The van der Waals surface area contributed by atoms with Crippen molar-refractivity contribution < 1.29 is 19.2 Å². The monoisotopic (exact) mass is 689 g/mol. The van der Waals surface area contributed by atoms with Crippen LogP contribution in [-0.4, -0.2) is 67.6 Å². The number of piperidine rings is 1. The van der Waals surface area contributed by atoms with Crippen molar-refractivity contribution in [3.8, 4) is 0 Å². The fourth-order valence-corrected chi connectivity index (χ4v) is 7.32. The van der Waals surface area contributed by atoms with Crippen LogP contribution >= 0.6 is 0 Å². The van der Waals surface area contributed by atoms with Crippen molar-refractivity contribution in [2.75, 3.05) is 29.9 Å². The third kappa shape index (κ3) is 7.05. The van der Waals surface area contributed by atoms with Crippen LogP contribution in [0.2, 0.25) is 0 Å². The van der Waals surface area contributed by atoms with E-state index in [9.17, 15) is 19.2 Å². The predicted octanol–water partition coefficient (Wildman–Crippen LogP) is 4.54. The smallest absolute Gasteiger partial charge is 0.290 e. The maximum absolute atomic E-state index is 12.9. The largest absolute Gasteiger partial charge is 0.369 e. The Bertz CT molecular complexity index is 2140. The van der Waals surface area contributed by atoms with Crippen LogP contribution in [-0.2, 0) is 26.8 Å². The minimum atomic E-state index is -0.484. The van der Waals surface area contributed by atoms with Gasteiger partial charge in [0, 0.05) is 56.0 Å². The Morgan fingerprint density at radius 2 is 1.86 bits per heavy atom. The SMILES string of the molecule is Cc1cc(N2CC[C@](C)(c3ccccc3)C2)cn2nc(C(=O)NCCCCCC(=O)Nc3ccc4c(C5CCC(=O)NC5=O)nn(C)c4c3)nc12. The molecule has 1 unspecified atom stereocenters. The van der Waals surface area contributed by atoms with Crippen molar-refractivity contribution in [3.63, 3.8) is 0 Å². The predicted molar refractivity (Wildman–Crippen MR) is 194 cm³/mol. The molecule has 2 aliphatic rings. The van der Waals surface area contributed by atoms with E-state index in [1.54, 1.807) is 22.3 Å². The molecule has 5 aromatic rings. The lowest BCUT2D eigenvalue weighted by atomic mass is 9.82. The van der Waals surface area contributed by atoms with Gasteiger partial charge in [0.05, 0.1) is 29.0 Å². The number of amides is 4. The third-order valence-corrected chi connectivity index (χ3v) is 10.2. The van der Waals surface area contributed by atoms with E-state index in [0.29, 0.717) is 42.8 Å². The maximum atomic E-state index is 12.9. The van der Waals surface area contributed by atoms with E-state index < -0.39 is 5.92 Å². The van der Waals surface area contributed by atoms with Gasteiger partial charge >= 0.3 is 0 Å². The summed E-state index contributed by atoms with van der Waals surface area (Å²) in [7, 11) is 1.79. The second-order valence-electron chi connectivity index (χ2n) is 14.0. The van der Waals surface area contributed by atoms with Crippen LogP contribution in [0, 0.1) is 6.92 Å². The van der Waals surface area contributed by atoms with E-state index in [1.807, 2.05) is 25.3 Å². The van der Waals surface area contributed by atoms with Crippen molar-refractivity contribution in [1.82, 2.24) is 35.0 Å². The topological polar surface area (TPSA) is 156 Å². The van der Waals surface area contributed by atoms with Crippen LogP contribution in [0.5, 0.6) is 0 Å². The van der Waals surface area contributed by atoms with Gasteiger partial charge in [0.1, 0.15) is 0 Å². The highest BCUT2D eigenvalue weighted by atomic mass is 16.2. The van der Waals surface area contributed by atoms with Gasteiger partial charge < -0.3 is 15.5 Å². The number of pyridine rings is 1. The number of unbranched alkanes of at least 4 members (excludes halogenated alkanes) is 2. The van der Waals surface area contributed by atoms with Crippen LogP contribution in [0.25, 0.3) is 16.6 Å². The fraction of sp³-hybridized carbons (Fsp3) is 0.395. The highest BCUT2D eigenvalue weighted by molar-refractivity contribution is 6.03. The van der Waals surface area contributed by atoms with E-state index in [4.69, 9.17) is 0 Å². The molecule has 7 rings (SSSR count). The molecule has 2 aliphatic heterocycles. The van der Waals surface area contributed by atoms with E-state index in [2.05, 4.69) is 79.4 Å². The minimum absolute atomic E-state index is 0.0729. The van der Waals surface area contributed by atoms with Crippen LogP contribution in [0.3, 0.4) is 0 Å². The Kier molecular flexibility index (Phi) is 9.28. The molecular formula is C38H43N9O4. The number of anilines is 2. The highest BCUT2D eigenvalue weighted by Gasteiger charge is 2.36. The summed E-state index contributed by atoms with van der Waals surface area (Å²) < 4.78 is 3.40. The zero-order valence-corrected chi connectivity index (χ0v) is 29.2. The minimum Gasteiger partial charge on any atom is -0.369 e. The van der Waals surface area contributed by atoms with Crippen LogP contribution in [0.4, 0.5) is 11.4 Å². The molecule has 0 radical (unpaired) electrons. The standard InChI is InChI=1S/C38H43N9O4/c1-24-20-27(46-19-17-38(2,23-46)25-10-6-4-7-11-25)22-47-35(24)42-34(44-47)37(51)39-18-9-5-8-12-31(48)40-26-13-14-28-30(21-26)45(3)43-33(28)29-15-16-32(49)41-36(29)50/h4,6-7,10-11,13-14,20-22,29H,5,8-9,12,15-19,23H2,1-3H3,(H,39,51)(H,40,48)(H,41,49,50)/t29?,38-/m0/s1. The van der Waals surface area contributed by atoms with E-state index in [1.165, 1.54) is 5.56 Å². The number of rotatable bonds is 11. The molecule has 264 valence electrons. The normalized spacial score (nSPS) is 19.1. The van der Waals surface area contributed by atoms with E-state index in [0.717, 1.165) is 54.5 Å². The zero-order chi connectivity index (χ0) is 35.7. The summed E-state index contributed by atoms with van der Waals surface area (Å²) in [6.07, 6.45) is 6.22. The van der Waals surface area contributed by atoms with E-state index in [-0.39, 0.29) is 41.3 Å². The average Bonchev–Trinajstić information content (AvgIpc) is 3.83. The lowest BCUT2D eigenvalue weighted by molar-refractivity contribution is -0.134. The van der Waals surface area contributed by atoms with Gasteiger partial charge in [0.2, 0.25) is 23.5 Å². The molecule has 13 nitrogen and oxygen atoms in total. The van der Waals surface area contributed by atoms with Gasteiger partial charge in [-0.3, -0.25) is 29.2 Å². The molecule has 0 aliphatic carbocycles. The summed E-state index contributed by atoms with van der Waals surface area (Å²) in [5, 5.41) is 18.2. The molecule has 2 fully saturated rings. The van der Waals surface area contributed by atoms with Crippen molar-refractivity contribution in [2.45, 2.75) is 70.1 Å². The molecule has 13 heteroatoms. The number of aryl methyl sites for hydroxylation is 2. The van der Waals surface area contributed by atoms with Gasteiger partial charge in [-0.2, -0.15) is 5.10 Å². The Morgan fingerprint density at radius 1 is 1.04 bits per heavy atom. The van der Waals surface area contributed by atoms with Gasteiger partial charge in [0.15, 0.2) is 5.65 Å². The fourth-order valence-electron chi connectivity index (χ4n) is 7.32. The maximum Gasteiger partial charge on any atom is 0.290 e. The first-order valence-corrected chi connectivity index (χ1v) is 17.6. The number of imide groups is 1. The van der Waals surface area contributed by atoms with Gasteiger partial charge in [-0.05, 0) is 68.0 Å². The molecule has 2 atom stereocenters. The second kappa shape index (κ2) is 14.0. The first-order valence-electron chi connectivity index (χ1n) is 17.6. The average molecular weight is 690 g/mol. The van der Waals surface area contributed by atoms with Crippen molar-refractivity contribution in [2.24, 2.45) is 7.05 Å². The molecule has 0 saturated carbocycles. The van der Waals surface area contributed by atoms with Crippen molar-refractivity contribution in [1.29, 1.82) is 0 Å². The molecule has 51 heavy (non-hydrogen) atoms. The molecule has 2 saturated heterocycles. The van der Waals surface area contributed by atoms with Crippen LogP contribution in [0.1, 0.15) is 85.2 Å². The molecule has 3 N–H and O–H groups in total. The van der Waals surface area contributed by atoms with Crippen molar-refractivity contribution >= 4 is 51.6 Å². The molecule has 5 heterocycles. The van der Waals surface area contributed by atoms with E-state index >= 15 is 0 Å². The Balaban J connectivity index is 0.867. The number of fused-ring (bicyclic) bond motifs is 2. The molecule has 3 aromatic heterocycles. The summed E-state index contributed by atoms with van der Waals surface area (Å²) >= 11 is 0. The molecule has 0 bridgehead atoms. The summed E-state index contributed by atoms with van der Waals surface area (Å²) in [6.45, 7) is 6.61. The molecule has 4 amide bonds. The number of nitrogens with zero attached hydrogens (tertiary/aromatic N) is 6. The quantitative estimate of drug-likeness (QED) is 0.135. The third-order valence-electron chi connectivity index (χ3n) is 10.2.